The van der Waals surface area contributed by atoms with Gasteiger partial charge in [-0.15, -0.1) is 0 Å². The van der Waals surface area contributed by atoms with E-state index in [0.29, 0.717) is 12.0 Å². The fourth-order valence-corrected chi connectivity index (χ4v) is 2.58. The van der Waals surface area contributed by atoms with E-state index in [2.05, 4.69) is 0 Å². The van der Waals surface area contributed by atoms with E-state index in [1.54, 1.807) is 18.2 Å². The summed E-state index contributed by atoms with van der Waals surface area (Å²) in [6.45, 7) is 5.76. The van der Waals surface area contributed by atoms with Crippen LogP contribution in [-0.4, -0.2) is 28.5 Å². The minimum Gasteiger partial charge on any atom is -0.390 e. The Morgan fingerprint density at radius 3 is 2.67 bits per heavy atom. The lowest BCUT2D eigenvalue weighted by atomic mass is 9.85. The lowest BCUT2D eigenvalue weighted by Gasteiger charge is -2.27. The van der Waals surface area contributed by atoms with Crippen LogP contribution in [-0.2, 0) is 16.1 Å². The van der Waals surface area contributed by atoms with Gasteiger partial charge in [0.05, 0.1) is 29.3 Å². The van der Waals surface area contributed by atoms with E-state index in [-0.39, 0.29) is 18.4 Å². The van der Waals surface area contributed by atoms with Crippen molar-refractivity contribution in [2.75, 3.05) is 0 Å². The van der Waals surface area contributed by atoms with Crippen LogP contribution in [0.25, 0.3) is 0 Å². The Morgan fingerprint density at radius 1 is 1.43 bits per heavy atom. The summed E-state index contributed by atoms with van der Waals surface area (Å²) in [7, 11) is 0. The Kier molecular flexibility index (Phi) is 4.61. The van der Waals surface area contributed by atoms with Crippen LogP contribution in [0.2, 0.25) is 0 Å². The molecule has 21 heavy (non-hydrogen) atoms. The number of rotatable bonds is 5. The molecule has 1 aromatic rings. The number of benzene rings is 1. The van der Waals surface area contributed by atoms with Crippen molar-refractivity contribution in [3.63, 3.8) is 0 Å². The fraction of sp³-hybridized carbons (Fsp3) is 0.600. The Balaban J connectivity index is 2.09. The minimum absolute atomic E-state index is 0.0286. The maximum Gasteiger partial charge on any atom is 0.274 e. The third-order valence-corrected chi connectivity index (χ3v) is 4.00. The third kappa shape index (κ3) is 3.07. The van der Waals surface area contributed by atoms with Crippen molar-refractivity contribution in [1.82, 2.24) is 0 Å². The second kappa shape index (κ2) is 6.09. The Labute approximate surface area is 123 Å². The van der Waals surface area contributed by atoms with E-state index >= 15 is 0 Å². The van der Waals surface area contributed by atoms with E-state index in [4.69, 9.17) is 9.47 Å². The number of ether oxygens (including phenoxy) is 2. The predicted molar refractivity (Wildman–Crippen MR) is 76.6 cm³/mol. The van der Waals surface area contributed by atoms with Crippen molar-refractivity contribution < 1.29 is 19.5 Å². The molecule has 1 saturated heterocycles. The van der Waals surface area contributed by atoms with Crippen LogP contribution in [0, 0.1) is 15.5 Å². The molecule has 116 valence electrons. The van der Waals surface area contributed by atoms with Crippen molar-refractivity contribution >= 4 is 5.69 Å². The zero-order valence-electron chi connectivity index (χ0n) is 12.5. The summed E-state index contributed by atoms with van der Waals surface area (Å²) in [5, 5.41) is 21.2. The molecule has 2 rings (SSSR count). The standard InChI is InChI=1S/C15H21NO5/c1-4-12-13(17)15(2,3)14(21-12)20-9-10-7-5-6-8-11(10)16(18)19/h5-8,12-14,17H,4,9H2,1-3H3/t12?,13-,14?/m0/s1. The summed E-state index contributed by atoms with van der Waals surface area (Å²) in [4.78, 5) is 10.5. The molecule has 6 heteroatoms. The molecule has 1 fully saturated rings. The molecule has 2 unspecified atom stereocenters. The fourth-order valence-electron chi connectivity index (χ4n) is 2.58. The first-order valence-electron chi connectivity index (χ1n) is 7.05. The number of nitro benzene ring substituents is 1. The van der Waals surface area contributed by atoms with Crippen LogP contribution in [0.15, 0.2) is 24.3 Å². The average Bonchev–Trinajstić information content (AvgIpc) is 2.67. The molecule has 1 aliphatic rings. The molecule has 0 saturated carbocycles. The molecule has 0 spiro atoms. The normalized spacial score (nSPS) is 27.7. The first kappa shape index (κ1) is 15.9. The zero-order chi connectivity index (χ0) is 15.6. The molecule has 1 N–H and O–H groups in total. The van der Waals surface area contributed by atoms with Gasteiger partial charge in [-0.05, 0) is 12.5 Å². The van der Waals surface area contributed by atoms with Gasteiger partial charge in [0.25, 0.3) is 5.69 Å². The highest BCUT2D eigenvalue weighted by atomic mass is 16.7. The number of aliphatic hydroxyl groups is 1. The number of nitrogens with zero attached hydrogens (tertiary/aromatic N) is 1. The lowest BCUT2D eigenvalue weighted by Crippen LogP contribution is -2.36. The van der Waals surface area contributed by atoms with Crippen molar-refractivity contribution in [2.24, 2.45) is 5.41 Å². The first-order valence-corrected chi connectivity index (χ1v) is 7.05. The van der Waals surface area contributed by atoms with Crippen molar-refractivity contribution in [3.8, 4) is 0 Å². The second-order valence-corrected chi connectivity index (χ2v) is 5.88. The third-order valence-electron chi connectivity index (χ3n) is 4.00. The number of aliphatic hydroxyl groups excluding tert-OH is 1. The Bertz CT molecular complexity index is 517. The van der Waals surface area contributed by atoms with Gasteiger partial charge in [0.15, 0.2) is 6.29 Å². The summed E-state index contributed by atoms with van der Waals surface area (Å²) in [5.41, 5.74) is -0.0261. The second-order valence-electron chi connectivity index (χ2n) is 5.88. The highest BCUT2D eigenvalue weighted by Gasteiger charge is 2.49. The number of hydrogen-bond acceptors (Lipinski definition) is 5. The van der Waals surface area contributed by atoms with Gasteiger partial charge >= 0.3 is 0 Å². The molecule has 0 aromatic heterocycles. The smallest absolute Gasteiger partial charge is 0.274 e. The van der Waals surface area contributed by atoms with Gasteiger partial charge in [-0.25, -0.2) is 0 Å². The molecule has 1 aliphatic heterocycles. The highest BCUT2D eigenvalue weighted by Crippen LogP contribution is 2.40. The van der Waals surface area contributed by atoms with Crippen LogP contribution in [0.3, 0.4) is 0 Å². The summed E-state index contributed by atoms with van der Waals surface area (Å²) < 4.78 is 11.4. The van der Waals surface area contributed by atoms with Crippen molar-refractivity contribution in [1.29, 1.82) is 0 Å². The Morgan fingerprint density at radius 2 is 2.10 bits per heavy atom. The lowest BCUT2D eigenvalue weighted by molar-refractivity contribution is -0.386. The Hall–Kier alpha value is -1.50. The summed E-state index contributed by atoms with van der Waals surface area (Å²) in [6.07, 6.45) is -0.776. The van der Waals surface area contributed by atoms with Gasteiger partial charge in [-0.3, -0.25) is 10.1 Å². The van der Waals surface area contributed by atoms with E-state index in [1.807, 2.05) is 20.8 Å². The molecule has 0 radical (unpaired) electrons. The minimum atomic E-state index is -0.613. The summed E-state index contributed by atoms with van der Waals surface area (Å²) in [5.74, 6) is 0. The number of nitro groups is 1. The maximum absolute atomic E-state index is 11.0. The molecule has 0 amide bonds. The molecule has 1 heterocycles. The topological polar surface area (TPSA) is 81.8 Å². The van der Waals surface area contributed by atoms with Crippen molar-refractivity contribution in [3.05, 3.63) is 39.9 Å². The van der Waals surface area contributed by atoms with Crippen LogP contribution >= 0.6 is 0 Å². The average molecular weight is 295 g/mol. The van der Waals surface area contributed by atoms with Gasteiger partial charge < -0.3 is 14.6 Å². The zero-order valence-corrected chi connectivity index (χ0v) is 12.5. The molecule has 0 aliphatic carbocycles. The molecule has 1 aromatic carbocycles. The number of hydrogen-bond donors (Lipinski definition) is 1. The van der Waals surface area contributed by atoms with Gasteiger partial charge in [0, 0.05) is 11.5 Å². The van der Waals surface area contributed by atoms with Gasteiger partial charge in [-0.2, -0.15) is 0 Å². The van der Waals surface area contributed by atoms with Crippen molar-refractivity contribution in [2.45, 2.75) is 52.3 Å². The molecule has 3 atom stereocenters. The summed E-state index contributed by atoms with van der Waals surface area (Å²) in [6, 6.07) is 6.46. The van der Waals surface area contributed by atoms with Crippen LogP contribution in [0.1, 0.15) is 32.8 Å². The largest absolute Gasteiger partial charge is 0.390 e. The van der Waals surface area contributed by atoms with E-state index in [1.165, 1.54) is 6.07 Å². The molecule has 6 nitrogen and oxygen atoms in total. The van der Waals surface area contributed by atoms with Gasteiger partial charge in [0.2, 0.25) is 0 Å². The van der Waals surface area contributed by atoms with E-state index < -0.39 is 22.7 Å². The highest BCUT2D eigenvalue weighted by molar-refractivity contribution is 5.39. The monoisotopic (exact) mass is 295 g/mol. The van der Waals surface area contributed by atoms with E-state index in [9.17, 15) is 15.2 Å². The quantitative estimate of drug-likeness (QED) is 0.667. The van der Waals surface area contributed by atoms with Crippen LogP contribution in [0.5, 0.6) is 0 Å². The first-order chi connectivity index (χ1) is 9.87. The van der Waals surface area contributed by atoms with Crippen LogP contribution in [0.4, 0.5) is 5.69 Å². The molecule has 0 bridgehead atoms. The van der Waals surface area contributed by atoms with Crippen LogP contribution < -0.4 is 0 Å². The predicted octanol–water partition coefficient (Wildman–Crippen LogP) is 2.63. The van der Waals surface area contributed by atoms with Gasteiger partial charge in [0.1, 0.15) is 0 Å². The molecular weight excluding hydrogens is 274 g/mol. The number of para-hydroxylation sites is 1. The van der Waals surface area contributed by atoms with Gasteiger partial charge in [-0.1, -0.05) is 32.9 Å². The SMILES string of the molecule is CCC1OC(OCc2ccccc2[N+](=O)[O-])C(C)(C)[C@H]1O. The molecular formula is C15H21NO5. The summed E-state index contributed by atoms with van der Waals surface area (Å²) >= 11 is 0. The maximum atomic E-state index is 11.0. The van der Waals surface area contributed by atoms with E-state index in [0.717, 1.165) is 0 Å².